The number of amides is 4. The zero-order chi connectivity index (χ0) is 28.4. The molecule has 0 bridgehead atoms. The predicted octanol–water partition coefficient (Wildman–Crippen LogP) is 5.71. The van der Waals surface area contributed by atoms with Crippen LogP contribution in [0.15, 0.2) is 77.8 Å². The number of hydrogen-bond donors (Lipinski definition) is 2. The van der Waals surface area contributed by atoms with Crippen LogP contribution in [0.3, 0.4) is 0 Å². The maximum atomic E-state index is 13.2. The minimum atomic E-state index is -0.559. The third-order valence-corrected chi connectivity index (χ3v) is 7.29. The maximum absolute atomic E-state index is 13.2. The lowest BCUT2D eigenvalue weighted by Gasteiger charge is -2.13. The molecule has 1 fully saturated rings. The molecule has 1 aromatic heterocycles. The fraction of sp³-hybridized carbons (Fsp3) is 0.133. The van der Waals surface area contributed by atoms with Gasteiger partial charge in [0.1, 0.15) is 18.9 Å². The van der Waals surface area contributed by atoms with Crippen LogP contribution < -0.4 is 10.6 Å². The molecule has 0 aliphatic carbocycles. The fourth-order valence-corrected chi connectivity index (χ4v) is 5.30. The van der Waals surface area contributed by atoms with Gasteiger partial charge in [-0.05, 0) is 73.6 Å². The third kappa shape index (κ3) is 5.81. The van der Waals surface area contributed by atoms with Crippen molar-refractivity contribution in [2.45, 2.75) is 20.4 Å². The van der Waals surface area contributed by atoms with Crippen molar-refractivity contribution in [1.82, 2.24) is 9.47 Å². The van der Waals surface area contributed by atoms with Crippen LogP contribution in [-0.2, 0) is 20.9 Å². The average Bonchev–Trinajstić information content (AvgIpc) is 3.38. The maximum Gasteiger partial charge on any atom is 0.294 e. The average molecular weight is 557 g/mol. The molecule has 0 unspecified atom stereocenters. The summed E-state index contributed by atoms with van der Waals surface area (Å²) in [7, 11) is 0. The number of fused-ring (bicyclic) bond motifs is 1. The molecule has 8 nitrogen and oxygen atoms in total. The number of nitrogens with zero attached hydrogens (tertiary/aromatic N) is 2. The minimum absolute atomic E-state index is 0.0220. The lowest BCUT2D eigenvalue weighted by molar-refractivity contribution is -0.127. The SMILES string of the molecule is Cc1ccc(NC(=O)CN2C(=O)S/C(=C\c3cn(CC(=O)Nc4ccc(F)cc4)c4ccccc34)C2=O)c(C)c1. The minimum Gasteiger partial charge on any atom is -0.337 e. The quantitative estimate of drug-likeness (QED) is 0.284. The van der Waals surface area contributed by atoms with E-state index in [9.17, 15) is 23.6 Å². The largest absolute Gasteiger partial charge is 0.337 e. The zero-order valence-electron chi connectivity index (χ0n) is 21.7. The zero-order valence-corrected chi connectivity index (χ0v) is 22.5. The summed E-state index contributed by atoms with van der Waals surface area (Å²) in [6.45, 7) is 3.40. The number of aryl methyl sites for hydroxylation is 2. The molecule has 10 heteroatoms. The first-order valence-corrected chi connectivity index (χ1v) is 13.3. The highest BCUT2D eigenvalue weighted by molar-refractivity contribution is 8.18. The number of benzene rings is 3. The molecule has 1 aliphatic rings. The molecule has 3 aromatic carbocycles. The Morgan fingerprint density at radius 3 is 2.40 bits per heavy atom. The van der Waals surface area contributed by atoms with Crippen LogP contribution in [0, 0.1) is 19.7 Å². The number of halogens is 1. The van der Waals surface area contributed by atoms with Crippen LogP contribution in [0.25, 0.3) is 17.0 Å². The Labute approximate surface area is 233 Å². The third-order valence-electron chi connectivity index (χ3n) is 6.38. The van der Waals surface area contributed by atoms with E-state index < -0.39 is 29.4 Å². The van der Waals surface area contributed by atoms with Gasteiger partial charge < -0.3 is 15.2 Å². The summed E-state index contributed by atoms with van der Waals surface area (Å²) in [6, 6.07) is 18.4. The highest BCUT2D eigenvalue weighted by Gasteiger charge is 2.36. The molecule has 4 amide bonds. The van der Waals surface area contributed by atoms with E-state index in [1.165, 1.54) is 24.3 Å². The Hall–Kier alpha value is -4.70. The van der Waals surface area contributed by atoms with Crippen LogP contribution in [0.1, 0.15) is 16.7 Å². The van der Waals surface area contributed by atoms with E-state index in [1.807, 2.05) is 50.2 Å². The van der Waals surface area contributed by atoms with Gasteiger partial charge in [-0.25, -0.2) is 4.39 Å². The highest BCUT2D eigenvalue weighted by atomic mass is 32.2. The van der Waals surface area contributed by atoms with Crippen molar-refractivity contribution < 1.29 is 23.6 Å². The number of carbonyl (C=O) groups is 4. The summed E-state index contributed by atoms with van der Waals surface area (Å²) < 4.78 is 14.9. The van der Waals surface area contributed by atoms with Gasteiger partial charge in [-0.2, -0.15) is 0 Å². The second kappa shape index (κ2) is 11.2. The normalized spacial score (nSPS) is 14.3. The van der Waals surface area contributed by atoms with Gasteiger partial charge in [0.15, 0.2) is 0 Å². The first-order chi connectivity index (χ1) is 19.2. The molecule has 0 atom stereocenters. The number of hydrogen-bond acceptors (Lipinski definition) is 5. The van der Waals surface area contributed by atoms with Gasteiger partial charge in [-0.1, -0.05) is 35.9 Å². The number of para-hydroxylation sites is 1. The van der Waals surface area contributed by atoms with E-state index in [4.69, 9.17) is 0 Å². The molecule has 0 radical (unpaired) electrons. The first-order valence-electron chi connectivity index (χ1n) is 12.4. The fourth-order valence-electron chi connectivity index (χ4n) is 4.47. The summed E-state index contributed by atoms with van der Waals surface area (Å²) >= 11 is 0.764. The van der Waals surface area contributed by atoms with E-state index in [-0.39, 0.29) is 17.4 Å². The van der Waals surface area contributed by atoms with Gasteiger partial charge >= 0.3 is 0 Å². The Bertz CT molecular complexity index is 1690. The van der Waals surface area contributed by atoms with Crippen LogP contribution >= 0.6 is 11.8 Å². The molecule has 0 spiro atoms. The summed E-state index contributed by atoms with van der Waals surface area (Å²) in [6.07, 6.45) is 3.33. The van der Waals surface area contributed by atoms with Crippen molar-refractivity contribution in [1.29, 1.82) is 0 Å². The van der Waals surface area contributed by atoms with Crippen LogP contribution in [0.5, 0.6) is 0 Å². The summed E-state index contributed by atoms with van der Waals surface area (Å²) in [5.74, 6) is -1.74. The molecule has 2 N–H and O–H groups in total. The van der Waals surface area contributed by atoms with Gasteiger partial charge in [-0.15, -0.1) is 0 Å². The van der Waals surface area contributed by atoms with E-state index in [0.717, 1.165) is 38.7 Å². The molecule has 202 valence electrons. The van der Waals surface area contributed by atoms with Gasteiger partial charge in [0.25, 0.3) is 11.1 Å². The highest BCUT2D eigenvalue weighted by Crippen LogP contribution is 2.34. The van der Waals surface area contributed by atoms with Gasteiger partial charge in [0.05, 0.1) is 4.91 Å². The van der Waals surface area contributed by atoms with Crippen LogP contribution in [-0.4, -0.2) is 39.0 Å². The topological polar surface area (TPSA) is 101 Å². The van der Waals surface area contributed by atoms with Crippen molar-refractivity contribution >= 4 is 63.1 Å². The van der Waals surface area contributed by atoms with Crippen molar-refractivity contribution in [3.8, 4) is 0 Å². The molecule has 1 saturated heterocycles. The van der Waals surface area contributed by atoms with Crippen LogP contribution in [0.4, 0.5) is 20.6 Å². The number of aromatic nitrogens is 1. The Kier molecular flexibility index (Phi) is 7.52. The molecule has 1 aliphatic heterocycles. The van der Waals surface area contributed by atoms with Crippen molar-refractivity contribution in [2.24, 2.45) is 0 Å². The smallest absolute Gasteiger partial charge is 0.294 e. The van der Waals surface area contributed by atoms with E-state index in [1.54, 1.807) is 22.9 Å². The summed E-state index contributed by atoms with van der Waals surface area (Å²) in [4.78, 5) is 52.2. The summed E-state index contributed by atoms with van der Waals surface area (Å²) in [5, 5.41) is 5.75. The van der Waals surface area contributed by atoms with Gasteiger partial charge in [-0.3, -0.25) is 24.1 Å². The van der Waals surface area contributed by atoms with E-state index in [2.05, 4.69) is 10.6 Å². The summed E-state index contributed by atoms with van der Waals surface area (Å²) in [5.41, 5.74) is 4.43. The molecule has 4 aromatic rings. The second-order valence-corrected chi connectivity index (χ2v) is 10.4. The lowest BCUT2D eigenvalue weighted by Crippen LogP contribution is -2.36. The molecule has 40 heavy (non-hydrogen) atoms. The Morgan fingerprint density at radius 2 is 1.65 bits per heavy atom. The van der Waals surface area contributed by atoms with Crippen LogP contribution in [0.2, 0.25) is 0 Å². The number of anilines is 2. The van der Waals surface area contributed by atoms with Gasteiger partial charge in [0, 0.05) is 34.0 Å². The monoisotopic (exact) mass is 556 g/mol. The number of carbonyl (C=O) groups excluding carboxylic acids is 4. The van der Waals surface area contributed by atoms with Crippen molar-refractivity contribution in [3.05, 3.63) is 100 Å². The lowest BCUT2D eigenvalue weighted by atomic mass is 10.1. The number of nitrogens with one attached hydrogen (secondary N) is 2. The first kappa shape index (κ1) is 26.9. The number of thioether (sulfide) groups is 1. The van der Waals surface area contributed by atoms with Gasteiger partial charge in [0.2, 0.25) is 11.8 Å². The second-order valence-electron chi connectivity index (χ2n) is 9.42. The molecule has 5 rings (SSSR count). The molecular formula is C30H25FN4O4S. The standard InChI is InChI=1S/C30H25FN4O4S/c1-18-7-12-24(19(2)13-18)33-28(37)17-35-29(38)26(40-30(35)39)14-20-15-34(25-6-4-3-5-23(20)25)16-27(36)32-22-10-8-21(31)9-11-22/h3-15H,16-17H2,1-2H3,(H,32,36)(H,33,37)/b26-14-. The Morgan fingerprint density at radius 1 is 0.925 bits per heavy atom. The molecule has 2 heterocycles. The van der Waals surface area contributed by atoms with E-state index >= 15 is 0 Å². The van der Waals surface area contributed by atoms with E-state index in [0.29, 0.717) is 16.9 Å². The number of imide groups is 1. The van der Waals surface area contributed by atoms with Crippen molar-refractivity contribution in [3.63, 3.8) is 0 Å². The molecular weight excluding hydrogens is 531 g/mol. The van der Waals surface area contributed by atoms with Crippen molar-refractivity contribution in [2.75, 3.05) is 17.2 Å². The number of rotatable bonds is 7. The predicted molar refractivity (Wildman–Crippen MR) is 154 cm³/mol. The molecule has 0 saturated carbocycles. The Balaban J connectivity index is 1.32.